The third kappa shape index (κ3) is 4.38. The van der Waals surface area contributed by atoms with Crippen LogP contribution >= 0.6 is 11.8 Å². The van der Waals surface area contributed by atoms with Gasteiger partial charge in [0.1, 0.15) is 5.75 Å². The second-order valence-electron chi connectivity index (χ2n) is 5.95. The smallest absolute Gasteiger partial charge is 0.237 e. The maximum atomic E-state index is 12.4. The van der Waals surface area contributed by atoms with E-state index in [9.17, 15) is 4.79 Å². The molecule has 3 aromatic rings. The van der Waals surface area contributed by atoms with Crippen molar-refractivity contribution >= 4 is 34.4 Å². The van der Waals surface area contributed by atoms with E-state index >= 15 is 0 Å². The van der Waals surface area contributed by atoms with E-state index in [0.717, 1.165) is 34.0 Å². The quantitative estimate of drug-likeness (QED) is 0.595. The lowest BCUT2D eigenvalue weighted by Gasteiger charge is -2.10. The lowest BCUT2D eigenvalue weighted by atomic mass is 10.1. The predicted molar refractivity (Wildman–Crippen MR) is 107 cm³/mol. The number of amides is 1. The van der Waals surface area contributed by atoms with Crippen LogP contribution in [0.5, 0.6) is 5.75 Å². The Kier molecular flexibility index (Phi) is 5.83. The van der Waals surface area contributed by atoms with E-state index in [2.05, 4.69) is 22.2 Å². The lowest BCUT2D eigenvalue weighted by Crippen LogP contribution is -2.22. The number of aromatic nitrogens is 2. The number of carbonyl (C=O) groups excluding carboxylic acids is 1. The summed E-state index contributed by atoms with van der Waals surface area (Å²) in [5.74, 6) is 0.760. The van der Waals surface area contributed by atoms with Gasteiger partial charge >= 0.3 is 0 Å². The Balaban J connectivity index is 1.65. The molecule has 0 unspecified atom stereocenters. The largest absolute Gasteiger partial charge is 0.494 e. The Morgan fingerprint density at radius 2 is 2.00 bits per heavy atom. The molecule has 1 aromatic heterocycles. The summed E-state index contributed by atoms with van der Waals surface area (Å²) in [6, 6.07) is 13.7. The third-order valence-electron chi connectivity index (χ3n) is 4.03. The van der Waals surface area contributed by atoms with Crippen LogP contribution in [0.25, 0.3) is 11.0 Å². The zero-order valence-electron chi connectivity index (χ0n) is 15.2. The first-order valence-electron chi connectivity index (χ1n) is 8.78. The molecule has 0 aliphatic carbocycles. The van der Waals surface area contributed by atoms with Crippen LogP contribution in [-0.4, -0.2) is 27.7 Å². The average Bonchev–Trinajstić information content (AvgIpc) is 3.04. The van der Waals surface area contributed by atoms with Crippen molar-refractivity contribution in [2.45, 2.75) is 37.6 Å². The van der Waals surface area contributed by atoms with Crippen LogP contribution in [0.2, 0.25) is 0 Å². The number of benzene rings is 2. The first-order valence-corrected chi connectivity index (χ1v) is 9.66. The van der Waals surface area contributed by atoms with Gasteiger partial charge < -0.3 is 15.0 Å². The molecule has 6 heteroatoms. The maximum Gasteiger partial charge on any atom is 0.237 e. The minimum atomic E-state index is -0.271. The summed E-state index contributed by atoms with van der Waals surface area (Å²) in [7, 11) is 0. The molecule has 0 fully saturated rings. The minimum Gasteiger partial charge on any atom is -0.494 e. The Labute approximate surface area is 157 Å². The van der Waals surface area contributed by atoms with Gasteiger partial charge in [0, 0.05) is 11.8 Å². The van der Waals surface area contributed by atoms with Gasteiger partial charge in [0.25, 0.3) is 0 Å². The molecule has 0 aliphatic rings. The van der Waals surface area contributed by atoms with Gasteiger partial charge in [0.05, 0.1) is 22.9 Å². The fraction of sp³-hybridized carbons (Fsp3) is 0.300. The number of hydrogen-bond donors (Lipinski definition) is 2. The predicted octanol–water partition coefficient (Wildman–Crippen LogP) is 4.64. The van der Waals surface area contributed by atoms with E-state index in [1.165, 1.54) is 17.3 Å². The molecular weight excluding hydrogens is 346 g/mol. The van der Waals surface area contributed by atoms with Gasteiger partial charge in [-0.05, 0) is 50.1 Å². The molecule has 1 heterocycles. The number of rotatable bonds is 7. The standard InChI is InChI=1S/C20H23N3O2S/c1-4-14-6-8-15(9-7-14)21-19(24)13(3)26-20-22-17-11-10-16(25-5-2)12-18(17)23-20/h6-13H,4-5H2,1-3H3,(H,21,24)(H,22,23)/t13-/m0/s1. The Morgan fingerprint density at radius 1 is 1.23 bits per heavy atom. The molecule has 0 aliphatic heterocycles. The third-order valence-corrected chi connectivity index (χ3v) is 5.01. The number of imidazole rings is 1. The molecule has 2 aromatic carbocycles. The van der Waals surface area contributed by atoms with Crippen LogP contribution in [-0.2, 0) is 11.2 Å². The zero-order valence-corrected chi connectivity index (χ0v) is 16.0. The van der Waals surface area contributed by atoms with E-state index < -0.39 is 0 Å². The molecule has 5 nitrogen and oxygen atoms in total. The van der Waals surface area contributed by atoms with Gasteiger partial charge in [-0.3, -0.25) is 4.79 Å². The SMILES string of the molecule is CCOc1ccc2nc(S[C@@H](C)C(=O)Nc3ccc(CC)cc3)[nH]c2c1. The molecule has 0 bridgehead atoms. The van der Waals surface area contributed by atoms with Crippen molar-refractivity contribution in [2.75, 3.05) is 11.9 Å². The van der Waals surface area contributed by atoms with Crippen LogP contribution < -0.4 is 10.1 Å². The Hall–Kier alpha value is -2.47. The van der Waals surface area contributed by atoms with Gasteiger partial charge in [-0.15, -0.1) is 0 Å². The lowest BCUT2D eigenvalue weighted by molar-refractivity contribution is -0.115. The fourth-order valence-electron chi connectivity index (χ4n) is 2.57. The number of aryl methyl sites for hydroxylation is 1. The number of fused-ring (bicyclic) bond motifs is 1. The van der Waals surface area contributed by atoms with Crippen molar-refractivity contribution in [3.8, 4) is 5.75 Å². The summed E-state index contributed by atoms with van der Waals surface area (Å²) in [5.41, 5.74) is 3.82. The highest BCUT2D eigenvalue weighted by Crippen LogP contribution is 2.26. The summed E-state index contributed by atoms with van der Waals surface area (Å²) in [4.78, 5) is 20.2. The number of ether oxygens (including phenoxy) is 1. The van der Waals surface area contributed by atoms with Crippen LogP contribution in [0.3, 0.4) is 0 Å². The number of H-pyrrole nitrogens is 1. The van der Waals surface area contributed by atoms with Crippen molar-refractivity contribution in [2.24, 2.45) is 0 Å². The highest BCUT2D eigenvalue weighted by Gasteiger charge is 2.17. The fourth-order valence-corrected chi connectivity index (χ4v) is 3.39. The highest BCUT2D eigenvalue weighted by molar-refractivity contribution is 8.00. The topological polar surface area (TPSA) is 67.0 Å². The maximum absolute atomic E-state index is 12.4. The van der Waals surface area contributed by atoms with Crippen LogP contribution in [0.1, 0.15) is 26.3 Å². The summed E-state index contributed by atoms with van der Waals surface area (Å²) >= 11 is 1.40. The van der Waals surface area contributed by atoms with Gasteiger partial charge in [0.15, 0.2) is 5.16 Å². The number of aromatic amines is 1. The molecule has 3 rings (SSSR count). The van der Waals surface area contributed by atoms with Gasteiger partial charge in [-0.1, -0.05) is 30.8 Å². The molecule has 0 saturated carbocycles. The van der Waals surface area contributed by atoms with Gasteiger partial charge in [-0.2, -0.15) is 0 Å². The number of nitrogens with zero attached hydrogens (tertiary/aromatic N) is 1. The second-order valence-corrected chi connectivity index (χ2v) is 7.28. The highest BCUT2D eigenvalue weighted by atomic mass is 32.2. The van der Waals surface area contributed by atoms with Gasteiger partial charge in [-0.25, -0.2) is 4.98 Å². The summed E-state index contributed by atoms with van der Waals surface area (Å²) in [6.07, 6.45) is 0.984. The Morgan fingerprint density at radius 3 is 2.69 bits per heavy atom. The van der Waals surface area contributed by atoms with Crippen molar-refractivity contribution < 1.29 is 9.53 Å². The van der Waals surface area contributed by atoms with Crippen molar-refractivity contribution in [1.82, 2.24) is 9.97 Å². The molecule has 26 heavy (non-hydrogen) atoms. The van der Waals surface area contributed by atoms with E-state index in [1.807, 2.05) is 56.3 Å². The van der Waals surface area contributed by atoms with E-state index in [1.54, 1.807) is 0 Å². The van der Waals surface area contributed by atoms with Crippen LogP contribution in [0.15, 0.2) is 47.6 Å². The summed E-state index contributed by atoms with van der Waals surface area (Å²) in [6.45, 7) is 6.56. The van der Waals surface area contributed by atoms with E-state index in [0.29, 0.717) is 6.61 Å². The number of hydrogen-bond acceptors (Lipinski definition) is 4. The van der Waals surface area contributed by atoms with Crippen LogP contribution in [0, 0.1) is 0 Å². The molecule has 1 atom stereocenters. The molecule has 0 spiro atoms. The second kappa shape index (κ2) is 8.27. The van der Waals surface area contributed by atoms with Crippen LogP contribution in [0.4, 0.5) is 5.69 Å². The number of thioether (sulfide) groups is 1. The van der Waals surface area contributed by atoms with E-state index in [-0.39, 0.29) is 11.2 Å². The van der Waals surface area contributed by atoms with E-state index in [4.69, 9.17) is 4.74 Å². The summed E-state index contributed by atoms with van der Waals surface area (Å²) < 4.78 is 5.51. The number of carbonyl (C=O) groups is 1. The molecule has 136 valence electrons. The molecular formula is C20H23N3O2S. The monoisotopic (exact) mass is 369 g/mol. The van der Waals surface area contributed by atoms with Crippen molar-refractivity contribution in [3.05, 3.63) is 48.0 Å². The first kappa shape index (κ1) is 18.3. The molecule has 0 radical (unpaired) electrons. The van der Waals surface area contributed by atoms with Gasteiger partial charge in [0.2, 0.25) is 5.91 Å². The molecule has 0 saturated heterocycles. The molecule has 1 amide bonds. The number of nitrogens with one attached hydrogen (secondary N) is 2. The van der Waals surface area contributed by atoms with Crippen molar-refractivity contribution in [1.29, 1.82) is 0 Å². The molecule has 2 N–H and O–H groups in total. The number of anilines is 1. The zero-order chi connectivity index (χ0) is 18.5. The Bertz CT molecular complexity index is 890. The normalized spacial score (nSPS) is 12.1. The summed E-state index contributed by atoms with van der Waals surface area (Å²) in [5, 5.41) is 3.40. The average molecular weight is 369 g/mol. The minimum absolute atomic E-state index is 0.0466. The van der Waals surface area contributed by atoms with Crippen molar-refractivity contribution in [3.63, 3.8) is 0 Å². The first-order chi connectivity index (χ1) is 12.6.